The first kappa shape index (κ1) is 13.0. The highest BCUT2D eigenvalue weighted by atomic mass is 16.5. The van der Waals surface area contributed by atoms with Crippen LogP contribution in [-0.2, 0) is 4.79 Å². The highest BCUT2D eigenvalue weighted by Gasteiger charge is 2.16. The van der Waals surface area contributed by atoms with Crippen LogP contribution in [0.3, 0.4) is 0 Å². The molecule has 0 unspecified atom stereocenters. The van der Waals surface area contributed by atoms with E-state index in [2.05, 4.69) is 0 Å². The molecule has 0 amide bonds. The summed E-state index contributed by atoms with van der Waals surface area (Å²) in [5, 5.41) is 9.00. The number of ketones is 1. The van der Waals surface area contributed by atoms with E-state index in [0.29, 0.717) is 16.7 Å². The molecule has 0 aliphatic carbocycles. The van der Waals surface area contributed by atoms with E-state index in [4.69, 9.17) is 5.11 Å². The van der Waals surface area contributed by atoms with E-state index in [9.17, 15) is 9.59 Å². The standard InChI is InChI=1S/C16H14O3/c1-11(16(18)19)13-8-5-9-14(10-13)15(17)12-6-3-2-4-7-12/h2-11H,1H3,(H,18,19)/t11-/m1/s1/i16+1. The van der Waals surface area contributed by atoms with E-state index < -0.39 is 11.9 Å². The third kappa shape index (κ3) is 2.88. The molecular formula is C16H14O3. The van der Waals surface area contributed by atoms with Gasteiger partial charge >= 0.3 is 5.97 Å². The quantitative estimate of drug-likeness (QED) is 0.674. The molecule has 0 fully saturated rings. The smallest absolute Gasteiger partial charge is 0.310 e. The van der Waals surface area contributed by atoms with Gasteiger partial charge in [0.25, 0.3) is 0 Å². The summed E-state index contributed by atoms with van der Waals surface area (Å²) in [6.45, 7) is 1.61. The molecule has 2 aromatic rings. The Hall–Kier alpha value is -2.42. The number of carbonyl (C=O) groups excluding carboxylic acids is 1. The van der Waals surface area contributed by atoms with Crippen molar-refractivity contribution in [1.82, 2.24) is 0 Å². The van der Waals surface area contributed by atoms with Crippen LogP contribution in [0.25, 0.3) is 0 Å². The Kier molecular flexibility index (Phi) is 3.76. The first-order valence-corrected chi connectivity index (χ1v) is 6.02. The second kappa shape index (κ2) is 5.48. The molecule has 0 heterocycles. The molecular weight excluding hydrogens is 241 g/mol. The molecule has 0 bridgehead atoms. The highest BCUT2D eigenvalue weighted by molar-refractivity contribution is 6.09. The first-order valence-electron chi connectivity index (χ1n) is 6.02. The maximum atomic E-state index is 12.2. The predicted octanol–water partition coefficient (Wildman–Crippen LogP) is 3.11. The molecule has 0 spiro atoms. The maximum Gasteiger partial charge on any atom is 0.310 e. The zero-order chi connectivity index (χ0) is 13.8. The van der Waals surface area contributed by atoms with Crippen molar-refractivity contribution in [2.24, 2.45) is 0 Å². The number of carboxylic acid groups (broad SMARTS) is 1. The Morgan fingerprint density at radius 2 is 1.58 bits per heavy atom. The lowest BCUT2D eigenvalue weighted by molar-refractivity contribution is -0.138. The van der Waals surface area contributed by atoms with Gasteiger partial charge < -0.3 is 5.11 Å². The van der Waals surface area contributed by atoms with Crippen LogP contribution in [0.5, 0.6) is 0 Å². The van der Waals surface area contributed by atoms with Crippen LogP contribution >= 0.6 is 0 Å². The molecule has 3 nitrogen and oxygen atoms in total. The number of rotatable bonds is 4. The number of aliphatic carboxylic acids is 1. The van der Waals surface area contributed by atoms with Crippen LogP contribution in [-0.4, -0.2) is 16.9 Å². The van der Waals surface area contributed by atoms with Gasteiger partial charge in [-0.3, -0.25) is 9.59 Å². The van der Waals surface area contributed by atoms with E-state index in [-0.39, 0.29) is 5.78 Å². The third-order valence-corrected chi connectivity index (χ3v) is 3.06. The molecule has 0 radical (unpaired) electrons. The monoisotopic (exact) mass is 255 g/mol. The lowest BCUT2D eigenvalue weighted by Crippen LogP contribution is -2.09. The second-order valence-corrected chi connectivity index (χ2v) is 4.38. The normalized spacial score (nSPS) is 11.8. The Bertz CT molecular complexity index is 602. The fourth-order valence-electron chi connectivity index (χ4n) is 1.85. The Labute approximate surface area is 111 Å². The molecule has 0 saturated carbocycles. The van der Waals surface area contributed by atoms with Crippen LogP contribution in [0.1, 0.15) is 34.3 Å². The number of benzene rings is 2. The summed E-state index contributed by atoms with van der Waals surface area (Å²) in [5.74, 6) is -1.62. The molecule has 0 aliphatic rings. The van der Waals surface area contributed by atoms with Crippen molar-refractivity contribution in [3.05, 3.63) is 71.3 Å². The van der Waals surface area contributed by atoms with Crippen LogP contribution in [0.2, 0.25) is 0 Å². The van der Waals surface area contributed by atoms with Crippen molar-refractivity contribution in [1.29, 1.82) is 0 Å². The number of carboxylic acids is 1. The van der Waals surface area contributed by atoms with Crippen molar-refractivity contribution >= 4 is 11.8 Å². The predicted molar refractivity (Wildman–Crippen MR) is 72.4 cm³/mol. The van der Waals surface area contributed by atoms with E-state index in [1.54, 1.807) is 55.5 Å². The summed E-state index contributed by atoms with van der Waals surface area (Å²) in [6, 6.07) is 15.7. The highest BCUT2D eigenvalue weighted by Crippen LogP contribution is 2.18. The van der Waals surface area contributed by atoms with Crippen LogP contribution < -0.4 is 0 Å². The van der Waals surface area contributed by atoms with Crippen molar-refractivity contribution in [2.75, 3.05) is 0 Å². The van der Waals surface area contributed by atoms with Gasteiger partial charge in [0, 0.05) is 11.1 Å². The average molecular weight is 255 g/mol. The summed E-state index contributed by atoms with van der Waals surface area (Å²) < 4.78 is 0. The molecule has 1 atom stereocenters. The Morgan fingerprint density at radius 1 is 0.947 bits per heavy atom. The van der Waals surface area contributed by atoms with Gasteiger partial charge in [-0.05, 0) is 18.6 Å². The van der Waals surface area contributed by atoms with Crippen molar-refractivity contribution in [2.45, 2.75) is 12.8 Å². The molecule has 0 aliphatic heterocycles. The number of carbonyl (C=O) groups is 2. The van der Waals surface area contributed by atoms with Gasteiger partial charge in [-0.25, -0.2) is 0 Å². The SMILES string of the molecule is C[C@H](c1cccc(C(=O)c2ccccc2)c1)[13C](=O)O. The van der Waals surface area contributed by atoms with Gasteiger partial charge in [0.05, 0.1) is 5.92 Å². The summed E-state index contributed by atoms with van der Waals surface area (Å²) in [5.41, 5.74) is 1.74. The van der Waals surface area contributed by atoms with Gasteiger partial charge in [0.2, 0.25) is 0 Å². The molecule has 2 rings (SSSR count). The minimum atomic E-state index is -0.899. The minimum absolute atomic E-state index is 0.0972. The first-order chi connectivity index (χ1) is 9.09. The van der Waals surface area contributed by atoms with Crippen molar-refractivity contribution in [3.8, 4) is 0 Å². The van der Waals surface area contributed by atoms with Gasteiger partial charge in [-0.1, -0.05) is 48.5 Å². The van der Waals surface area contributed by atoms with Gasteiger partial charge in [-0.2, -0.15) is 0 Å². The van der Waals surface area contributed by atoms with Crippen LogP contribution in [0.4, 0.5) is 0 Å². The number of hydrogen-bond acceptors (Lipinski definition) is 2. The van der Waals surface area contributed by atoms with Crippen molar-refractivity contribution in [3.63, 3.8) is 0 Å². The molecule has 0 saturated heterocycles. The maximum absolute atomic E-state index is 12.2. The topological polar surface area (TPSA) is 54.4 Å². The largest absolute Gasteiger partial charge is 0.481 e. The Balaban J connectivity index is 2.34. The van der Waals surface area contributed by atoms with E-state index in [1.165, 1.54) is 0 Å². The van der Waals surface area contributed by atoms with Gasteiger partial charge in [0.15, 0.2) is 5.78 Å². The molecule has 3 heteroatoms. The van der Waals surface area contributed by atoms with E-state index in [1.807, 2.05) is 6.07 Å². The fraction of sp³-hybridized carbons (Fsp3) is 0.125. The lowest BCUT2D eigenvalue weighted by atomic mass is 9.98. The summed E-state index contributed by atoms with van der Waals surface area (Å²) in [4.78, 5) is 23.2. The molecule has 2 aromatic carbocycles. The average Bonchev–Trinajstić information content (AvgIpc) is 2.46. The Morgan fingerprint density at radius 3 is 2.21 bits per heavy atom. The molecule has 1 N–H and O–H groups in total. The zero-order valence-electron chi connectivity index (χ0n) is 10.5. The van der Waals surface area contributed by atoms with E-state index >= 15 is 0 Å². The summed E-state index contributed by atoms with van der Waals surface area (Å²) >= 11 is 0. The van der Waals surface area contributed by atoms with Gasteiger partial charge in [-0.15, -0.1) is 0 Å². The second-order valence-electron chi connectivity index (χ2n) is 4.38. The zero-order valence-corrected chi connectivity index (χ0v) is 10.5. The fourth-order valence-corrected chi connectivity index (χ4v) is 1.85. The van der Waals surface area contributed by atoms with Crippen LogP contribution in [0.15, 0.2) is 54.6 Å². The molecule has 0 aromatic heterocycles. The third-order valence-electron chi connectivity index (χ3n) is 3.06. The number of hydrogen-bond donors (Lipinski definition) is 1. The summed E-state index contributed by atoms with van der Waals surface area (Å²) in [6.07, 6.45) is 0. The van der Waals surface area contributed by atoms with Crippen LogP contribution in [0, 0.1) is 0 Å². The summed E-state index contributed by atoms with van der Waals surface area (Å²) in [7, 11) is 0. The molecule has 96 valence electrons. The minimum Gasteiger partial charge on any atom is -0.481 e. The van der Waals surface area contributed by atoms with E-state index in [0.717, 1.165) is 0 Å². The van der Waals surface area contributed by atoms with Gasteiger partial charge in [0.1, 0.15) is 0 Å². The van der Waals surface area contributed by atoms with Crippen molar-refractivity contribution < 1.29 is 14.7 Å². The lowest BCUT2D eigenvalue weighted by Gasteiger charge is -2.08. The molecule has 19 heavy (non-hydrogen) atoms.